The maximum Gasteiger partial charge on any atom is 0.130 e. The summed E-state index contributed by atoms with van der Waals surface area (Å²) in [5.74, 6) is -0.269. The summed E-state index contributed by atoms with van der Waals surface area (Å²) in [6.07, 6.45) is 1.78. The van der Waals surface area contributed by atoms with E-state index in [1.54, 1.807) is 26.2 Å². The van der Waals surface area contributed by atoms with Crippen LogP contribution in [0.15, 0.2) is 30.9 Å². The van der Waals surface area contributed by atoms with E-state index >= 15 is 0 Å². The van der Waals surface area contributed by atoms with E-state index in [0.717, 1.165) is 5.69 Å². The van der Waals surface area contributed by atoms with Crippen LogP contribution < -0.4 is 10.6 Å². The topological polar surface area (TPSA) is 38.5 Å². The Morgan fingerprint density at radius 3 is 2.83 bits per heavy atom. The first-order chi connectivity index (χ1) is 8.61. The fourth-order valence-electron chi connectivity index (χ4n) is 1.92. The van der Waals surface area contributed by atoms with Gasteiger partial charge in [0.05, 0.1) is 6.61 Å². The number of nitrogens with two attached hydrogens (primary N) is 1. The molecule has 1 aromatic carbocycles. The van der Waals surface area contributed by atoms with E-state index < -0.39 is 0 Å². The molecular formula is C14H21FN2O. The summed E-state index contributed by atoms with van der Waals surface area (Å²) < 4.78 is 18.9. The molecule has 4 heteroatoms. The van der Waals surface area contributed by atoms with Crippen LogP contribution in [-0.4, -0.2) is 26.8 Å². The molecule has 0 saturated heterocycles. The Hall–Kier alpha value is -1.39. The van der Waals surface area contributed by atoms with Gasteiger partial charge in [0, 0.05) is 37.5 Å². The molecule has 0 aliphatic carbocycles. The van der Waals surface area contributed by atoms with Gasteiger partial charge in [-0.3, -0.25) is 0 Å². The van der Waals surface area contributed by atoms with Crippen LogP contribution in [0.25, 0.3) is 0 Å². The molecule has 1 atom stereocenters. The zero-order valence-corrected chi connectivity index (χ0v) is 11.0. The lowest BCUT2D eigenvalue weighted by Crippen LogP contribution is -2.29. The highest BCUT2D eigenvalue weighted by molar-refractivity contribution is 5.56. The first kappa shape index (κ1) is 14.7. The maximum absolute atomic E-state index is 13.9. The third-order valence-electron chi connectivity index (χ3n) is 2.74. The van der Waals surface area contributed by atoms with Crippen LogP contribution in [0, 0.1) is 5.82 Å². The minimum absolute atomic E-state index is 0.269. The molecule has 1 aromatic rings. The van der Waals surface area contributed by atoms with E-state index in [-0.39, 0.29) is 11.9 Å². The summed E-state index contributed by atoms with van der Waals surface area (Å²) in [5, 5.41) is 0. The van der Waals surface area contributed by atoms with Gasteiger partial charge in [-0.05, 0) is 19.1 Å². The molecule has 2 N–H and O–H groups in total. The van der Waals surface area contributed by atoms with Crippen molar-refractivity contribution in [1.29, 1.82) is 0 Å². The average molecular weight is 252 g/mol. The van der Waals surface area contributed by atoms with Gasteiger partial charge >= 0.3 is 0 Å². The van der Waals surface area contributed by atoms with Gasteiger partial charge in [-0.25, -0.2) is 4.39 Å². The van der Waals surface area contributed by atoms with Crippen LogP contribution in [0.1, 0.15) is 18.5 Å². The molecule has 0 saturated carbocycles. The standard InChI is InChI=1S/C14H21FN2O/c1-4-8-17(9-10-18-3)13-7-5-6-12(15)14(13)11(2)16/h4-7,11H,1,8-10,16H2,2-3H3. The summed E-state index contributed by atoms with van der Waals surface area (Å²) in [7, 11) is 1.64. The van der Waals surface area contributed by atoms with Gasteiger partial charge in [-0.1, -0.05) is 12.1 Å². The molecule has 1 unspecified atom stereocenters. The van der Waals surface area contributed by atoms with E-state index in [1.807, 2.05) is 11.0 Å². The molecular weight excluding hydrogens is 231 g/mol. The second-order valence-corrected chi connectivity index (χ2v) is 4.19. The van der Waals surface area contributed by atoms with E-state index in [1.165, 1.54) is 6.07 Å². The summed E-state index contributed by atoms with van der Waals surface area (Å²) in [6, 6.07) is 4.65. The number of hydrogen-bond donors (Lipinski definition) is 1. The van der Waals surface area contributed by atoms with Gasteiger partial charge in [-0.2, -0.15) is 0 Å². The molecule has 3 nitrogen and oxygen atoms in total. The minimum atomic E-state index is -0.351. The first-order valence-corrected chi connectivity index (χ1v) is 6.00. The summed E-state index contributed by atoms with van der Waals surface area (Å²) in [5.41, 5.74) is 7.20. The molecule has 0 aromatic heterocycles. The Morgan fingerprint density at radius 1 is 1.56 bits per heavy atom. The Kier molecular flexibility index (Phi) is 5.82. The third kappa shape index (κ3) is 3.55. The highest BCUT2D eigenvalue weighted by Crippen LogP contribution is 2.27. The summed E-state index contributed by atoms with van der Waals surface area (Å²) >= 11 is 0. The largest absolute Gasteiger partial charge is 0.383 e. The molecule has 18 heavy (non-hydrogen) atoms. The van der Waals surface area contributed by atoms with Crippen LogP contribution in [0.3, 0.4) is 0 Å². The highest BCUT2D eigenvalue weighted by atomic mass is 19.1. The number of nitrogens with zero attached hydrogens (tertiary/aromatic N) is 1. The Balaban J connectivity index is 3.09. The molecule has 0 radical (unpaired) electrons. The second-order valence-electron chi connectivity index (χ2n) is 4.19. The van der Waals surface area contributed by atoms with E-state index in [4.69, 9.17) is 10.5 Å². The van der Waals surface area contributed by atoms with Crippen molar-refractivity contribution in [3.05, 3.63) is 42.2 Å². The van der Waals surface area contributed by atoms with E-state index in [2.05, 4.69) is 6.58 Å². The molecule has 0 fully saturated rings. The van der Waals surface area contributed by atoms with Crippen molar-refractivity contribution in [2.24, 2.45) is 5.73 Å². The monoisotopic (exact) mass is 252 g/mol. The Bertz CT molecular complexity index is 393. The zero-order valence-electron chi connectivity index (χ0n) is 11.0. The molecule has 0 heterocycles. The maximum atomic E-state index is 13.9. The second kappa shape index (κ2) is 7.13. The predicted octanol–water partition coefficient (Wildman–Crippen LogP) is 2.48. The molecule has 100 valence electrons. The van der Waals surface area contributed by atoms with Crippen molar-refractivity contribution in [2.45, 2.75) is 13.0 Å². The summed E-state index contributed by atoms with van der Waals surface area (Å²) in [4.78, 5) is 2.01. The van der Waals surface area contributed by atoms with Crippen LogP contribution in [0.5, 0.6) is 0 Å². The van der Waals surface area contributed by atoms with Crippen LogP contribution in [-0.2, 0) is 4.74 Å². The van der Waals surface area contributed by atoms with Crippen molar-refractivity contribution in [3.63, 3.8) is 0 Å². The van der Waals surface area contributed by atoms with E-state index in [9.17, 15) is 4.39 Å². The highest BCUT2D eigenvalue weighted by Gasteiger charge is 2.16. The number of ether oxygens (including phenoxy) is 1. The SMILES string of the molecule is C=CCN(CCOC)c1cccc(F)c1C(C)N. The molecule has 0 aliphatic rings. The zero-order chi connectivity index (χ0) is 13.5. The van der Waals surface area contributed by atoms with Crippen molar-refractivity contribution >= 4 is 5.69 Å². The van der Waals surface area contributed by atoms with Gasteiger partial charge in [0.2, 0.25) is 0 Å². The number of halogens is 1. The lowest BCUT2D eigenvalue weighted by Gasteiger charge is -2.27. The molecule has 0 amide bonds. The smallest absolute Gasteiger partial charge is 0.130 e. The average Bonchev–Trinajstić information content (AvgIpc) is 2.33. The van der Waals surface area contributed by atoms with Gasteiger partial charge in [0.1, 0.15) is 5.82 Å². The number of benzene rings is 1. The number of anilines is 1. The van der Waals surface area contributed by atoms with Crippen molar-refractivity contribution < 1.29 is 9.13 Å². The number of rotatable bonds is 7. The molecule has 0 spiro atoms. The Morgan fingerprint density at radius 2 is 2.28 bits per heavy atom. The minimum Gasteiger partial charge on any atom is -0.383 e. The molecule has 0 aliphatic heterocycles. The number of methoxy groups -OCH3 is 1. The van der Waals surface area contributed by atoms with Crippen LogP contribution in [0.4, 0.5) is 10.1 Å². The lowest BCUT2D eigenvalue weighted by molar-refractivity contribution is 0.205. The van der Waals surface area contributed by atoms with Crippen molar-refractivity contribution in [2.75, 3.05) is 31.7 Å². The van der Waals surface area contributed by atoms with Crippen molar-refractivity contribution in [3.8, 4) is 0 Å². The van der Waals surface area contributed by atoms with Gasteiger partial charge in [0.15, 0.2) is 0 Å². The van der Waals surface area contributed by atoms with Crippen LogP contribution >= 0.6 is 0 Å². The van der Waals surface area contributed by atoms with Gasteiger partial charge in [-0.15, -0.1) is 6.58 Å². The van der Waals surface area contributed by atoms with Gasteiger partial charge < -0.3 is 15.4 Å². The van der Waals surface area contributed by atoms with Crippen molar-refractivity contribution in [1.82, 2.24) is 0 Å². The third-order valence-corrected chi connectivity index (χ3v) is 2.74. The molecule has 0 bridgehead atoms. The Labute approximate surface area is 108 Å². The van der Waals surface area contributed by atoms with Gasteiger partial charge in [0.25, 0.3) is 0 Å². The lowest BCUT2D eigenvalue weighted by atomic mass is 10.0. The normalized spacial score (nSPS) is 12.2. The predicted molar refractivity (Wildman–Crippen MR) is 73.3 cm³/mol. The fourth-order valence-corrected chi connectivity index (χ4v) is 1.92. The quantitative estimate of drug-likeness (QED) is 0.758. The van der Waals surface area contributed by atoms with Crippen LogP contribution in [0.2, 0.25) is 0 Å². The van der Waals surface area contributed by atoms with E-state index in [0.29, 0.717) is 25.3 Å². The number of hydrogen-bond acceptors (Lipinski definition) is 3. The first-order valence-electron chi connectivity index (χ1n) is 6.00. The molecule has 1 rings (SSSR count). The summed E-state index contributed by atoms with van der Waals surface area (Å²) in [6.45, 7) is 7.38. The fraction of sp³-hybridized carbons (Fsp3) is 0.429.